The first kappa shape index (κ1) is 16.3. The van der Waals surface area contributed by atoms with E-state index in [2.05, 4.69) is 10.6 Å². The van der Waals surface area contributed by atoms with Crippen molar-refractivity contribution in [1.82, 2.24) is 10.6 Å². The second-order valence-corrected chi connectivity index (χ2v) is 8.03. The SMILES string of the molecule is O=C(NC1CC2CCC(C1)N2)c1ccc(S(=O)(=O)C(F)F)cc1. The maximum absolute atomic E-state index is 12.5. The van der Waals surface area contributed by atoms with E-state index in [0.717, 1.165) is 37.8 Å². The van der Waals surface area contributed by atoms with Gasteiger partial charge in [-0.3, -0.25) is 4.79 Å². The monoisotopic (exact) mass is 344 g/mol. The Labute approximate surface area is 133 Å². The highest BCUT2D eigenvalue weighted by Gasteiger charge is 2.34. The molecule has 0 saturated carbocycles. The zero-order valence-electron chi connectivity index (χ0n) is 12.3. The van der Waals surface area contributed by atoms with Gasteiger partial charge in [-0.25, -0.2) is 8.42 Å². The fraction of sp³-hybridized carbons (Fsp3) is 0.533. The average Bonchev–Trinajstić information content (AvgIpc) is 2.86. The van der Waals surface area contributed by atoms with Gasteiger partial charge in [0, 0.05) is 23.7 Å². The predicted molar refractivity (Wildman–Crippen MR) is 80.1 cm³/mol. The number of fused-ring (bicyclic) bond motifs is 2. The van der Waals surface area contributed by atoms with E-state index < -0.39 is 20.5 Å². The largest absolute Gasteiger partial charge is 0.349 e. The molecule has 0 spiro atoms. The second-order valence-electron chi connectivity index (χ2n) is 6.11. The smallest absolute Gasteiger partial charge is 0.341 e. The molecule has 0 aliphatic carbocycles. The number of hydrogen-bond acceptors (Lipinski definition) is 4. The van der Waals surface area contributed by atoms with E-state index in [1.807, 2.05) is 0 Å². The molecule has 1 amide bonds. The van der Waals surface area contributed by atoms with Gasteiger partial charge in [0.25, 0.3) is 5.91 Å². The van der Waals surface area contributed by atoms with Crippen LogP contribution in [-0.2, 0) is 9.84 Å². The number of carbonyl (C=O) groups excluding carboxylic acids is 1. The van der Waals surface area contributed by atoms with Crippen molar-refractivity contribution in [3.63, 3.8) is 0 Å². The lowest BCUT2D eigenvalue weighted by Crippen LogP contribution is -2.48. The zero-order chi connectivity index (χ0) is 16.6. The van der Waals surface area contributed by atoms with Crippen molar-refractivity contribution in [3.05, 3.63) is 29.8 Å². The van der Waals surface area contributed by atoms with Crippen molar-refractivity contribution in [2.75, 3.05) is 0 Å². The number of piperidine rings is 1. The highest BCUT2D eigenvalue weighted by Crippen LogP contribution is 2.27. The Bertz CT molecular complexity index is 679. The molecule has 2 heterocycles. The van der Waals surface area contributed by atoms with Gasteiger partial charge in [0.15, 0.2) is 0 Å². The summed E-state index contributed by atoms with van der Waals surface area (Å²) < 4.78 is 47.6. The second kappa shape index (κ2) is 6.16. The van der Waals surface area contributed by atoms with Gasteiger partial charge in [-0.05, 0) is 49.9 Å². The molecule has 2 atom stereocenters. The highest BCUT2D eigenvalue weighted by molar-refractivity contribution is 7.91. The number of benzene rings is 1. The topological polar surface area (TPSA) is 75.3 Å². The van der Waals surface area contributed by atoms with Gasteiger partial charge in [-0.2, -0.15) is 8.78 Å². The highest BCUT2D eigenvalue weighted by atomic mass is 32.2. The van der Waals surface area contributed by atoms with Crippen LogP contribution >= 0.6 is 0 Å². The maximum Gasteiger partial charge on any atom is 0.341 e. The molecule has 2 aliphatic heterocycles. The maximum atomic E-state index is 12.5. The molecule has 0 aromatic heterocycles. The Morgan fingerprint density at radius 3 is 2.22 bits per heavy atom. The zero-order valence-corrected chi connectivity index (χ0v) is 13.2. The van der Waals surface area contributed by atoms with E-state index in [1.54, 1.807) is 0 Å². The van der Waals surface area contributed by atoms with Crippen molar-refractivity contribution >= 4 is 15.7 Å². The normalized spacial score (nSPS) is 27.2. The van der Waals surface area contributed by atoms with Gasteiger partial charge in [0.2, 0.25) is 9.84 Å². The molecule has 126 valence electrons. The molecule has 0 radical (unpaired) electrons. The number of halogens is 2. The van der Waals surface area contributed by atoms with E-state index in [-0.39, 0.29) is 17.5 Å². The molecule has 5 nitrogen and oxygen atoms in total. The third-order valence-corrected chi connectivity index (χ3v) is 5.89. The Kier molecular flexibility index (Phi) is 4.37. The molecule has 2 aliphatic rings. The van der Waals surface area contributed by atoms with Crippen LogP contribution in [0.1, 0.15) is 36.0 Å². The van der Waals surface area contributed by atoms with Gasteiger partial charge in [-0.15, -0.1) is 0 Å². The molecular weight excluding hydrogens is 326 g/mol. The Morgan fingerprint density at radius 1 is 1.13 bits per heavy atom. The molecule has 2 fully saturated rings. The molecule has 23 heavy (non-hydrogen) atoms. The van der Waals surface area contributed by atoms with E-state index in [1.165, 1.54) is 12.1 Å². The van der Waals surface area contributed by atoms with Crippen LogP contribution in [0.25, 0.3) is 0 Å². The molecule has 3 rings (SSSR count). The first-order valence-corrected chi connectivity index (χ1v) is 9.10. The number of nitrogens with one attached hydrogen (secondary N) is 2. The van der Waals surface area contributed by atoms with Gasteiger partial charge in [-0.1, -0.05) is 0 Å². The van der Waals surface area contributed by atoms with Crippen LogP contribution in [0.5, 0.6) is 0 Å². The van der Waals surface area contributed by atoms with E-state index in [0.29, 0.717) is 12.1 Å². The van der Waals surface area contributed by atoms with Gasteiger partial charge in [0.05, 0.1) is 4.90 Å². The third-order valence-electron chi connectivity index (χ3n) is 4.49. The predicted octanol–water partition coefficient (Wildman–Crippen LogP) is 1.70. The summed E-state index contributed by atoms with van der Waals surface area (Å²) in [4.78, 5) is 11.7. The Morgan fingerprint density at radius 2 is 1.70 bits per heavy atom. The van der Waals surface area contributed by atoms with Crippen LogP contribution in [0, 0.1) is 0 Å². The Balaban J connectivity index is 1.66. The van der Waals surface area contributed by atoms with E-state index >= 15 is 0 Å². The number of alkyl halides is 2. The van der Waals surface area contributed by atoms with E-state index in [9.17, 15) is 22.0 Å². The minimum absolute atomic E-state index is 0.0886. The summed E-state index contributed by atoms with van der Waals surface area (Å²) in [7, 11) is -4.63. The quantitative estimate of drug-likeness (QED) is 0.872. The molecule has 8 heteroatoms. The summed E-state index contributed by atoms with van der Waals surface area (Å²) in [6.45, 7) is 0. The fourth-order valence-corrected chi connectivity index (χ4v) is 4.06. The average molecular weight is 344 g/mol. The van der Waals surface area contributed by atoms with Crippen molar-refractivity contribution in [2.24, 2.45) is 0 Å². The van der Waals surface area contributed by atoms with Crippen molar-refractivity contribution in [3.8, 4) is 0 Å². The number of amides is 1. The summed E-state index contributed by atoms with van der Waals surface area (Å²) in [5.41, 5.74) is 0.268. The van der Waals surface area contributed by atoms with Gasteiger partial charge >= 0.3 is 5.76 Å². The number of hydrogen-bond donors (Lipinski definition) is 2. The molecule has 2 bridgehead atoms. The molecule has 2 saturated heterocycles. The summed E-state index contributed by atoms with van der Waals surface area (Å²) in [6, 6.07) is 5.59. The van der Waals surface area contributed by atoms with Crippen LogP contribution < -0.4 is 10.6 Å². The lowest BCUT2D eigenvalue weighted by molar-refractivity contribution is 0.0924. The summed E-state index contributed by atoms with van der Waals surface area (Å²) in [5, 5.41) is 6.42. The minimum Gasteiger partial charge on any atom is -0.349 e. The van der Waals surface area contributed by atoms with Crippen LogP contribution in [-0.4, -0.2) is 38.2 Å². The summed E-state index contributed by atoms with van der Waals surface area (Å²) in [6.07, 6.45) is 3.99. The van der Waals surface area contributed by atoms with Gasteiger partial charge in [0.1, 0.15) is 0 Å². The van der Waals surface area contributed by atoms with Crippen LogP contribution in [0.3, 0.4) is 0 Å². The summed E-state index contributed by atoms with van der Waals surface area (Å²) in [5.74, 6) is -3.77. The van der Waals surface area contributed by atoms with Crippen LogP contribution in [0.4, 0.5) is 8.78 Å². The lowest BCUT2D eigenvalue weighted by Gasteiger charge is -2.29. The minimum atomic E-state index is -4.63. The number of carbonyl (C=O) groups is 1. The van der Waals surface area contributed by atoms with E-state index in [4.69, 9.17) is 0 Å². The third kappa shape index (κ3) is 3.37. The molecule has 1 aromatic carbocycles. The number of sulfone groups is 1. The molecular formula is C15H18F2N2O3S. The summed E-state index contributed by atoms with van der Waals surface area (Å²) >= 11 is 0. The first-order valence-electron chi connectivity index (χ1n) is 7.55. The molecule has 1 aromatic rings. The fourth-order valence-electron chi connectivity index (χ4n) is 3.34. The standard InChI is InChI=1S/C15H18F2N2O3S/c16-15(17)23(21,22)13-5-1-9(2-6-13)14(20)19-12-7-10-3-4-11(8-12)18-10/h1-2,5-6,10-12,15,18H,3-4,7-8H2,(H,19,20). The molecule has 2 N–H and O–H groups in total. The van der Waals surface area contributed by atoms with Gasteiger partial charge < -0.3 is 10.6 Å². The van der Waals surface area contributed by atoms with Crippen LogP contribution in [0.2, 0.25) is 0 Å². The number of rotatable bonds is 4. The van der Waals surface area contributed by atoms with Crippen molar-refractivity contribution in [1.29, 1.82) is 0 Å². The molecule has 2 unspecified atom stereocenters. The first-order chi connectivity index (χ1) is 10.9. The van der Waals surface area contributed by atoms with Crippen LogP contribution in [0.15, 0.2) is 29.2 Å². The van der Waals surface area contributed by atoms with Crippen molar-refractivity contribution in [2.45, 2.75) is 54.5 Å². The van der Waals surface area contributed by atoms with Crippen molar-refractivity contribution < 1.29 is 22.0 Å². The Hall–Kier alpha value is -1.54. The lowest BCUT2D eigenvalue weighted by atomic mass is 9.99.